The average Bonchev–Trinajstić information content (AvgIpc) is 2.71. The molecule has 1 aliphatic heterocycles. The van der Waals surface area contributed by atoms with Gasteiger partial charge in [-0.1, -0.05) is 23.8 Å². The summed E-state index contributed by atoms with van der Waals surface area (Å²) in [6.07, 6.45) is 2.24. The number of nitrogens with zero attached hydrogens (tertiary/aromatic N) is 1. The lowest BCUT2D eigenvalue weighted by atomic mass is 9.96. The maximum absolute atomic E-state index is 12.1. The molecule has 2 aromatic rings. The molecule has 0 aliphatic carbocycles. The van der Waals surface area contributed by atoms with Gasteiger partial charge in [-0.15, -0.1) is 0 Å². The lowest BCUT2D eigenvalue weighted by Gasteiger charge is -2.32. The van der Waals surface area contributed by atoms with Crippen LogP contribution < -0.4 is 15.4 Å². The van der Waals surface area contributed by atoms with Gasteiger partial charge in [-0.25, -0.2) is 4.79 Å². The van der Waals surface area contributed by atoms with E-state index < -0.39 is 0 Å². The van der Waals surface area contributed by atoms with Gasteiger partial charge in [0.1, 0.15) is 5.75 Å². The smallest absolute Gasteiger partial charge is 0.319 e. The van der Waals surface area contributed by atoms with Crippen LogP contribution in [0.25, 0.3) is 0 Å². The second kappa shape index (κ2) is 9.60. The number of rotatable bonds is 6. The van der Waals surface area contributed by atoms with E-state index in [4.69, 9.17) is 4.74 Å². The van der Waals surface area contributed by atoms with Gasteiger partial charge in [-0.2, -0.15) is 0 Å². The molecule has 0 atom stereocenters. The van der Waals surface area contributed by atoms with Crippen molar-refractivity contribution in [3.05, 3.63) is 59.2 Å². The minimum absolute atomic E-state index is 0.150. The molecule has 1 fully saturated rings. The van der Waals surface area contributed by atoms with Gasteiger partial charge >= 0.3 is 6.03 Å². The monoisotopic (exact) mass is 381 g/mol. The number of likely N-dealkylation sites (tertiary alicyclic amines) is 1. The number of aryl methyl sites for hydroxylation is 2. The van der Waals surface area contributed by atoms with Crippen LogP contribution in [0.15, 0.2) is 42.5 Å². The number of carbonyl (C=O) groups is 1. The Morgan fingerprint density at radius 1 is 1.11 bits per heavy atom. The number of anilines is 1. The van der Waals surface area contributed by atoms with E-state index in [9.17, 15) is 4.79 Å². The van der Waals surface area contributed by atoms with Crippen LogP contribution in [0.5, 0.6) is 5.75 Å². The van der Waals surface area contributed by atoms with Crippen LogP contribution in [0.3, 0.4) is 0 Å². The number of urea groups is 1. The zero-order chi connectivity index (χ0) is 19.9. The third kappa shape index (κ3) is 5.73. The Labute approximate surface area is 168 Å². The fraction of sp³-hybridized carbons (Fsp3) is 0.435. The first kappa shape index (κ1) is 20.2. The molecule has 150 valence electrons. The van der Waals surface area contributed by atoms with E-state index in [0.29, 0.717) is 5.92 Å². The van der Waals surface area contributed by atoms with Crippen LogP contribution in [0.4, 0.5) is 10.5 Å². The van der Waals surface area contributed by atoms with Gasteiger partial charge in [0.25, 0.3) is 0 Å². The van der Waals surface area contributed by atoms with E-state index in [-0.39, 0.29) is 6.03 Å². The highest BCUT2D eigenvalue weighted by atomic mass is 16.5. The average molecular weight is 382 g/mol. The van der Waals surface area contributed by atoms with Gasteiger partial charge in [-0.05, 0) is 81.1 Å². The molecule has 2 aromatic carbocycles. The summed E-state index contributed by atoms with van der Waals surface area (Å²) < 4.78 is 5.13. The van der Waals surface area contributed by atoms with Gasteiger partial charge in [0.15, 0.2) is 0 Å². The Hall–Kier alpha value is -2.53. The number of amides is 2. The summed E-state index contributed by atoms with van der Waals surface area (Å²) in [6, 6.07) is 13.9. The van der Waals surface area contributed by atoms with E-state index in [1.165, 1.54) is 16.7 Å². The first-order chi connectivity index (χ1) is 13.5. The van der Waals surface area contributed by atoms with E-state index in [0.717, 1.165) is 50.5 Å². The lowest BCUT2D eigenvalue weighted by molar-refractivity contribution is 0.175. The molecule has 2 amide bonds. The van der Waals surface area contributed by atoms with Crippen molar-refractivity contribution in [3.63, 3.8) is 0 Å². The Balaban J connectivity index is 1.39. The first-order valence-corrected chi connectivity index (χ1v) is 10.0. The summed E-state index contributed by atoms with van der Waals surface area (Å²) >= 11 is 0. The summed E-state index contributed by atoms with van der Waals surface area (Å²) in [5.74, 6) is 1.31. The largest absolute Gasteiger partial charge is 0.497 e. The molecular formula is C23H31N3O2. The van der Waals surface area contributed by atoms with Crippen molar-refractivity contribution in [2.75, 3.05) is 32.1 Å². The Morgan fingerprint density at radius 2 is 1.82 bits per heavy atom. The first-order valence-electron chi connectivity index (χ1n) is 10.0. The van der Waals surface area contributed by atoms with E-state index in [2.05, 4.69) is 47.6 Å². The highest BCUT2D eigenvalue weighted by molar-refractivity contribution is 5.89. The molecule has 0 radical (unpaired) electrons. The highest BCUT2D eigenvalue weighted by Crippen LogP contribution is 2.20. The summed E-state index contributed by atoms with van der Waals surface area (Å²) in [5.41, 5.74) is 4.88. The van der Waals surface area contributed by atoms with Gasteiger partial charge in [0.2, 0.25) is 0 Å². The van der Waals surface area contributed by atoms with Crippen LogP contribution in [-0.2, 0) is 6.54 Å². The van der Waals surface area contributed by atoms with Crippen LogP contribution in [0.1, 0.15) is 29.5 Å². The van der Waals surface area contributed by atoms with Gasteiger partial charge in [0, 0.05) is 18.8 Å². The van der Waals surface area contributed by atoms with Gasteiger partial charge in [0.05, 0.1) is 7.11 Å². The molecule has 28 heavy (non-hydrogen) atoms. The second-order valence-corrected chi connectivity index (χ2v) is 7.71. The predicted molar refractivity (Wildman–Crippen MR) is 114 cm³/mol. The standard InChI is InChI=1S/C23H31N3O2/c1-17-4-5-18(2)20(14-17)16-26-12-10-19(11-13-26)15-24-23(27)25-21-6-8-22(28-3)9-7-21/h4-9,14,19H,10-13,15-16H2,1-3H3,(H2,24,25,27). The predicted octanol–water partition coefficient (Wildman–Crippen LogP) is 4.35. The SMILES string of the molecule is COc1ccc(NC(=O)NCC2CCN(Cc3cc(C)ccc3C)CC2)cc1. The second-order valence-electron chi connectivity index (χ2n) is 7.71. The van der Waals surface area contributed by atoms with Crippen molar-refractivity contribution in [1.82, 2.24) is 10.2 Å². The van der Waals surface area contributed by atoms with Crippen LogP contribution in [-0.4, -0.2) is 37.7 Å². The van der Waals surface area contributed by atoms with Crippen molar-refractivity contribution in [1.29, 1.82) is 0 Å². The molecule has 0 bridgehead atoms. The van der Waals surface area contributed by atoms with Gasteiger partial charge < -0.3 is 15.4 Å². The van der Waals surface area contributed by atoms with Crippen LogP contribution in [0.2, 0.25) is 0 Å². The normalized spacial score (nSPS) is 15.2. The topological polar surface area (TPSA) is 53.6 Å². The molecule has 1 aliphatic rings. The quantitative estimate of drug-likeness (QED) is 0.782. The van der Waals surface area contributed by atoms with E-state index >= 15 is 0 Å². The maximum Gasteiger partial charge on any atom is 0.319 e. The number of hydrogen-bond donors (Lipinski definition) is 2. The summed E-state index contributed by atoms with van der Waals surface area (Å²) in [7, 11) is 1.63. The number of ether oxygens (including phenoxy) is 1. The number of carbonyl (C=O) groups excluding carboxylic acids is 1. The Kier molecular flexibility index (Phi) is 6.93. The van der Waals surface area contributed by atoms with E-state index in [1.54, 1.807) is 7.11 Å². The molecule has 0 spiro atoms. The minimum atomic E-state index is -0.150. The van der Waals surface area contributed by atoms with Gasteiger partial charge in [-0.3, -0.25) is 4.90 Å². The van der Waals surface area contributed by atoms with Crippen molar-refractivity contribution >= 4 is 11.7 Å². The molecule has 0 aromatic heterocycles. The third-order valence-corrected chi connectivity index (χ3v) is 5.50. The molecule has 5 heteroatoms. The molecule has 0 unspecified atom stereocenters. The highest BCUT2D eigenvalue weighted by Gasteiger charge is 2.20. The molecule has 5 nitrogen and oxygen atoms in total. The third-order valence-electron chi connectivity index (χ3n) is 5.50. The number of methoxy groups -OCH3 is 1. The van der Waals surface area contributed by atoms with Crippen molar-refractivity contribution in [2.45, 2.75) is 33.2 Å². The fourth-order valence-electron chi connectivity index (χ4n) is 3.65. The molecule has 3 rings (SSSR count). The summed E-state index contributed by atoms with van der Waals surface area (Å²) in [5, 5.41) is 5.88. The number of piperidine rings is 1. The fourth-order valence-corrected chi connectivity index (χ4v) is 3.65. The van der Waals surface area contributed by atoms with E-state index in [1.807, 2.05) is 24.3 Å². The summed E-state index contributed by atoms with van der Waals surface area (Å²) in [6.45, 7) is 8.25. The maximum atomic E-state index is 12.1. The van der Waals surface area contributed by atoms with Crippen molar-refractivity contribution in [2.24, 2.45) is 5.92 Å². The zero-order valence-electron chi connectivity index (χ0n) is 17.1. The number of nitrogens with one attached hydrogen (secondary N) is 2. The Bertz CT molecular complexity index is 781. The molecule has 1 heterocycles. The summed E-state index contributed by atoms with van der Waals surface area (Å²) in [4.78, 5) is 14.6. The zero-order valence-corrected chi connectivity index (χ0v) is 17.1. The molecular weight excluding hydrogens is 350 g/mol. The molecule has 2 N–H and O–H groups in total. The van der Waals surface area contributed by atoms with Crippen molar-refractivity contribution < 1.29 is 9.53 Å². The molecule has 0 saturated carbocycles. The van der Waals surface area contributed by atoms with Crippen molar-refractivity contribution in [3.8, 4) is 5.75 Å². The van der Waals surface area contributed by atoms with Crippen LogP contribution >= 0.6 is 0 Å². The lowest BCUT2D eigenvalue weighted by Crippen LogP contribution is -2.39. The molecule has 1 saturated heterocycles. The Morgan fingerprint density at radius 3 is 2.50 bits per heavy atom. The number of hydrogen-bond acceptors (Lipinski definition) is 3. The van der Waals surface area contributed by atoms with Crippen LogP contribution in [0, 0.1) is 19.8 Å². The minimum Gasteiger partial charge on any atom is -0.497 e. The number of benzene rings is 2.